The van der Waals surface area contributed by atoms with Gasteiger partial charge < -0.3 is 10.6 Å². The Morgan fingerprint density at radius 2 is 2.24 bits per heavy atom. The molecule has 1 aromatic heterocycles. The molecule has 94 valence electrons. The molecule has 1 heterocycles. The predicted molar refractivity (Wildman–Crippen MR) is 71.7 cm³/mol. The molecule has 17 heavy (non-hydrogen) atoms. The van der Waals surface area contributed by atoms with Crippen LogP contribution in [-0.4, -0.2) is 22.1 Å². The lowest BCUT2D eigenvalue weighted by molar-refractivity contribution is 0.306. The number of halogens is 1. The molecule has 0 bridgehead atoms. The SMILES string of the molecule is CCCNc1ncc(Cl)c(NC2(C)CCC2)n1. The van der Waals surface area contributed by atoms with E-state index >= 15 is 0 Å². The molecule has 0 atom stereocenters. The molecular formula is C12H19ClN4. The van der Waals surface area contributed by atoms with E-state index in [-0.39, 0.29) is 5.54 Å². The largest absolute Gasteiger partial charge is 0.364 e. The van der Waals surface area contributed by atoms with Gasteiger partial charge in [0.2, 0.25) is 5.95 Å². The molecule has 2 rings (SSSR count). The van der Waals surface area contributed by atoms with Crippen LogP contribution in [0.5, 0.6) is 0 Å². The molecule has 1 aromatic rings. The van der Waals surface area contributed by atoms with E-state index in [1.165, 1.54) is 19.3 Å². The molecule has 0 amide bonds. The van der Waals surface area contributed by atoms with E-state index in [9.17, 15) is 0 Å². The number of aromatic nitrogens is 2. The third-order valence-electron chi connectivity index (χ3n) is 3.15. The van der Waals surface area contributed by atoms with Gasteiger partial charge in [-0.3, -0.25) is 0 Å². The van der Waals surface area contributed by atoms with Crippen molar-refractivity contribution in [2.45, 2.75) is 45.1 Å². The highest BCUT2D eigenvalue weighted by molar-refractivity contribution is 6.32. The Labute approximate surface area is 107 Å². The standard InChI is InChI=1S/C12H19ClN4/c1-3-7-14-11-15-8-9(13)10(16-11)17-12(2)5-4-6-12/h8H,3-7H2,1-2H3,(H2,14,15,16,17). The summed E-state index contributed by atoms with van der Waals surface area (Å²) in [7, 11) is 0. The summed E-state index contributed by atoms with van der Waals surface area (Å²) in [6.07, 6.45) is 6.31. The average Bonchev–Trinajstić information content (AvgIpc) is 2.28. The van der Waals surface area contributed by atoms with Gasteiger partial charge in [-0.1, -0.05) is 18.5 Å². The minimum absolute atomic E-state index is 0.153. The lowest BCUT2D eigenvalue weighted by Gasteiger charge is -2.39. The highest BCUT2D eigenvalue weighted by Gasteiger charge is 2.32. The topological polar surface area (TPSA) is 49.8 Å². The zero-order valence-corrected chi connectivity index (χ0v) is 11.1. The van der Waals surface area contributed by atoms with Crippen LogP contribution in [0.25, 0.3) is 0 Å². The number of nitrogens with one attached hydrogen (secondary N) is 2. The molecule has 1 fully saturated rings. The second-order valence-corrected chi connectivity index (χ2v) is 5.26. The van der Waals surface area contributed by atoms with Crippen LogP contribution < -0.4 is 10.6 Å². The Hall–Kier alpha value is -1.03. The maximum atomic E-state index is 6.10. The van der Waals surface area contributed by atoms with Gasteiger partial charge in [-0.2, -0.15) is 4.98 Å². The number of hydrogen-bond acceptors (Lipinski definition) is 4. The maximum Gasteiger partial charge on any atom is 0.224 e. The number of rotatable bonds is 5. The molecule has 0 aliphatic heterocycles. The van der Waals surface area contributed by atoms with Gasteiger partial charge in [0.1, 0.15) is 5.02 Å². The van der Waals surface area contributed by atoms with Gasteiger partial charge >= 0.3 is 0 Å². The van der Waals surface area contributed by atoms with Crippen LogP contribution in [0, 0.1) is 0 Å². The lowest BCUT2D eigenvalue weighted by Crippen LogP contribution is -2.42. The molecule has 0 aromatic carbocycles. The first kappa shape index (κ1) is 12.4. The van der Waals surface area contributed by atoms with Crippen molar-refractivity contribution >= 4 is 23.4 Å². The zero-order chi connectivity index (χ0) is 12.3. The maximum absolute atomic E-state index is 6.10. The van der Waals surface area contributed by atoms with Crippen molar-refractivity contribution in [1.29, 1.82) is 0 Å². The van der Waals surface area contributed by atoms with Crippen molar-refractivity contribution in [3.8, 4) is 0 Å². The van der Waals surface area contributed by atoms with E-state index in [1.54, 1.807) is 6.20 Å². The van der Waals surface area contributed by atoms with Crippen molar-refractivity contribution in [3.05, 3.63) is 11.2 Å². The molecule has 0 spiro atoms. The third-order valence-corrected chi connectivity index (χ3v) is 3.43. The molecule has 5 heteroatoms. The van der Waals surface area contributed by atoms with Gasteiger partial charge in [0.25, 0.3) is 0 Å². The molecule has 0 unspecified atom stereocenters. The minimum Gasteiger partial charge on any atom is -0.364 e. The normalized spacial score (nSPS) is 17.4. The summed E-state index contributed by atoms with van der Waals surface area (Å²) < 4.78 is 0. The van der Waals surface area contributed by atoms with Crippen LogP contribution in [0.4, 0.5) is 11.8 Å². The van der Waals surface area contributed by atoms with E-state index in [1.807, 2.05) is 0 Å². The molecular weight excluding hydrogens is 236 g/mol. The predicted octanol–water partition coefficient (Wildman–Crippen LogP) is 3.31. The summed E-state index contributed by atoms with van der Waals surface area (Å²) in [5, 5.41) is 7.16. The van der Waals surface area contributed by atoms with Gasteiger partial charge in [-0.05, 0) is 32.6 Å². The van der Waals surface area contributed by atoms with Gasteiger partial charge in [0.05, 0.1) is 6.20 Å². The van der Waals surface area contributed by atoms with E-state index in [2.05, 4.69) is 34.4 Å². The quantitative estimate of drug-likeness (QED) is 0.847. The fourth-order valence-electron chi connectivity index (χ4n) is 1.89. The lowest BCUT2D eigenvalue weighted by atomic mass is 9.78. The summed E-state index contributed by atoms with van der Waals surface area (Å²) >= 11 is 6.10. The molecule has 1 aliphatic rings. The van der Waals surface area contributed by atoms with E-state index in [4.69, 9.17) is 11.6 Å². The summed E-state index contributed by atoms with van der Waals surface area (Å²) in [4.78, 5) is 8.57. The Kier molecular flexibility index (Phi) is 3.72. The van der Waals surface area contributed by atoms with Crippen molar-refractivity contribution in [2.24, 2.45) is 0 Å². The summed E-state index contributed by atoms with van der Waals surface area (Å²) in [6, 6.07) is 0. The van der Waals surface area contributed by atoms with Crippen molar-refractivity contribution in [1.82, 2.24) is 9.97 Å². The minimum atomic E-state index is 0.153. The average molecular weight is 255 g/mol. The van der Waals surface area contributed by atoms with Crippen LogP contribution in [0.3, 0.4) is 0 Å². The van der Waals surface area contributed by atoms with Crippen LogP contribution in [-0.2, 0) is 0 Å². The Balaban J connectivity index is 2.08. The Bertz CT molecular complexity index is 390. The smallest absolute Gasteiger partial charge is 0.224 e. The van der Waals surface area contributed by atoms with Crippen molar-refractivity contribution < 1.29 is 0 Å². The first-order valence-corrected chi connectivity index (χ1v) is 6.55. The van der Waals surface area contributed by atoms with Crippen LogP contribution in [0.1, 0.15) is 39.5 Å². The monoisotopic (exact) mass is 254 g/mol. The Morgan fingerprint density at radius 3 is 2.82 bits per heavy atom. The molecule has 1 saturated carbocycles. The fraction of sp³-hybridized carbons (Fsp3) is 0.667. The van der Waals surface area contributed by atoms with Gasteiger partial charge in [-0.15, -0.1) is 0 Å². The molecule has 2 N–H and O–H groups in total. The van der Waals surface area contributed by atoms with E-state index in [0.29, 0.717) is 11.0 Å². The highest BCUT2D eigenvalue weighted by Crippen LogP contribution is 2.35. The molecule has 0 radical (unpaired) electrons. The van der Waals surface area contributed by atoms with Crippen LogP contribution in [0.15, 0.2) is 6.20 Å². The van der Waals surface area contributed by atoms with Crippen molar-refractivity contribution in [2.75, 3.05) is 17.2 Å². The molecule has 1 aliphatic carbocycles. The first-order chi connectivity index (χ1) is 8.13. The fourth-order valence-corrected chi connectivity index (χ4v) is 2.03. The van der Waals surface area contributed by atoms with Gasteiger partial charge in [0.15, 0.2) is 5.82 Å². The summed E-state index contributed by atoms with van der Waals surface area (Å²) in [6.45, 7) is 5.18. The highest BCUT2D eigenvalue weighted by atomic mass is 35.5. The van der Waals surface area contributed by atoms with E-state index in [0.717, 1.165) is 18.8 Å². The number of nitrogens with zero attached hydrogens (tertiary/aromatic N) is 2. The second-order valence-electron chi connectivity index (χ2n) is 4.86. The number of hydrogen-bond donors (Lipinski definition) is 2. The Morgan fingerprint density at radius 1 is 1.47 bits per heavy atom. The third kappa shape index (κ3) is 3.00. The van der Waals surface area contributed by atoms with Gasteiger partial charge in [-0.25, -0.2) is 4.98 Å². The molecule has 0 saturated heterocycles. The van der Waals surface area contributed by atoms with Crippen LogP contribution >= 0.6 is 11.6 Å². The summed E-state index contributed by atoms with van der Waals surface area (Å²) in [5.41, 5.74) is 0.153. The van der Waals surface area contributed by atoms with Crippen LogP contribution in [0.2, 0.25) is 5.02 Å². The van der Waals surface area contributed by atoms with Crippen molar-refractivity contribution in [3.63, 3.8) is 0 Å². The van der Waals surface area contributed by atoms with E-state index < -0.39 is 0 Å². The van der Waals surface area contributed by atoms with Gasteiger partial charge in [0, 0.05) is 12.1 Å². The zero-order valence-electron chi connectivity index (χ0n) is 10.4. The summed E-state index contributed by atoms with van der Waals surface area (Å²) in [5.74, 6) is 1.38. The number of anilines is 2. The molecule has 4 nitrogen and oxygen atoms in total. The second kappa shape index (κ2) is 5.08. The first-order valence-electron chi connectivity index (χ1n) is 6.17.